The largest absolute Gasteiger partial charge is 0.434 e. The summed E-state index contributed by atoms with van der Waals surface area (Å²) in [5.41, 5.74) is 12.1. The SMILES string of the molecule is CSC.N=C/C(=C\N)C1CC(N)CN(c2ccnc(-c3cnc4cnc(C(F)(F)F)cn34)n2)C1. The summed E-state index contributed by atoms with van der Waals surface area (Å²) in [5.74, 6) is 0.772. The molecule has 13 heteroatoms. The monoisotopic (exact) mass is 493 g/mol. The van der Waals surface area contributed by atoms with E-state index in [1.165, 1.54) is 29.2 Å². The van der Waals surface area contributed by atoms with E-state index >= 15 is 0 Å². The summed E-state index contributed by atoms with van der Waals surface area (Å²) in [6, 6.07) is 1.56. The van der Waals surface area contributed by atoms with Gasteiger partial charge in [-0.15, -0.1) is 0 Å². The molecule has 5 N–H and O–H groups in total. The number of anilines is 1. The number of halogens is 3. The van der Waals surface area contributed by atoms with Gasteiger partial charge in [0.15, 0.2) is 17.2 Å². The maximum atomic E-state index is 13.1. The number of hydrogen-bond donors (Lipinski definition) is 3. The van der Waals surface area contributed by atoms with Crippen molar-refractivity contribution in [3.05, 3.63) is 48.3 Å². The van der Waals surface area contributed by atoms with Gasteiger partial charge < -0.3 is 21.8 Å². The molecule has 1 saturated heterocycles. The van der Waals surface area contributed by atoms with Gasteiger partial charge in [-0.05, 0) is 36.8 Å². The molecule has 3 aromatic rings. The maximum absolute atomic E-state index is 13.1. The summed E-state index contributed by atoms with van der Waals surface area (Å²) < 4.78 is 40.5. The molecule has 1 aliphatic rings. The minimum Gasteiger partial charge on any atom is -0.404 e. The van der Waals surface area contributed by atoms with Gasteiger partial charge in [0.05, 0.1) is 12.4 Å². The molecule has 0 saturated carbocycles. The van der Waals surface area contributed by atoms with Crippen molar-refractivity contribution < 1.29 is 13.2 Å². The topological polar surface area (TPSA) is 135 Å². The van der Waals surface area contributed by atoms with Crippen LogP contribution in [-0.4, -0.2) is 62.2 Å². The smallest absolute Gasteiger partial charge is 0.404 e. The summed E-state index contributed by atoms with van der Waals surface area (Å²) in [4.78, 5) is 18.3. The number of alkyl halides is 3. The van der Waals surface area contributed by atoms with Crippen molar-refractivity contribution in [3.8, 4) is 11.5 Å². The minimum atomic E-state index is -4.58. The Morgan fingerprint density at radius 1 is 1.21 bits per heavy atom. The Balaban J connectivity index is 0.00000103. The summed E-state index contributed by atoms with van der Waals surface area (Å²) in [7, 11) is 0. The molecule has 2 unspecified atom stereocenters. The zero-order valence-corrected chi connectivity index (χ0v) is 19.5. The number of nitrogens with two attached hydrogens (primary N) is 2. The molecular formula is C21H26F3N9S. The summed E-state index contributed by atoms with van der Waals surface area (Å²) in [6.45, 7) is 1.09. The molecule has 1 fully saturated rings. The molecular weight excluding hydrogens is 467 g/mol. The van der Waals surface area contributed by atoms with Gasteiger partial charge in [-0.25, -0.2) is 19.9 Å². The molecule has 34 heavy (non-hydrogen) atoms. The highest BCUT2D eigenvalue weighted by molar-refractivity contribution is 7.97. The molecule has 0 aromatic carbocycles. The zero-order valence-electron chi connectivity index (χ0n) is 18.7. The molecule has 0 aliphatic carbocycles. The average Bonchev–Trinajstić information content (AvgIpc) is 3.23. The predicted octanol–water partition coefficient (Wildman–Crippen LogP) is 2.83. The highest BCUT2D eigenvalue weighted by Crippen LogP contribution is 2.29. The van der Waals surface area contributed by atoms with E-state index in [1.54, 1.807) is 17.8 Å². The third-order valence-electron chi connectivity index (χ3n) is 5.19. The van der Waals surface area contributed by atoms with Gasteiger partial charge in [0.1, 0.15) is 11.5 Å². The van der Waals surface area contributed by atoms with Crippen LogP contribution in [0.1, 0.15) is 12.1 Å². The van der Waals surface area contributed by atoms with Crippen LogP contribution in [0, 0.1) is 11.3 Å². The number of thioether (sulfide) groups is 1. The normalized spacial score (nSPS) is 19.0. The Labute approximate surface area is 199 Å². The number of nitrogens with one attached hydrogen (secondary N) is 1. The molecule has 0 radical (unpaired) electrons. The van der Waals surface area contributed by atoms with Gasteiger partial charge in [-0.2, -0.15) is 24.9 Å². The number of hydrogen-bond acceptors (Lipinski definition) is 9. The predicted molar refractivity (Wildman–Crippen MR) is 128 cm³/mol. The Bertz CT molecular complexity index is 1160. The van der Waals surface area contributed by atoms with Crippen molar-refractivity contribution in [1.29, 1.82) is 5.41 Å². The van der Waals surface area contributed by atoms with Crippen molar-refractivity contribution >= 4 is 29.4 Å². The summed E-state index contributed by atoms with van der Waals surface area (Å²) in [6.07, 6.45) is 7.69. The van der Waals surface area contributed by atoms with E-state index in [-0.39, 0.29) is 23.4 Å². The van der Waals surface area contributed by atoms with Crippen LogP contribution in [0.5, 0.6) is 0 Å². The molecule has 4 rings (SSSR count). The van der Waals surface area contributed by atoms with Gasteiger partial charge in [0.2, 0.25) is 0 Å². The lowest BCUT2D eigenvalue weighted by Gasteiger charge is -2.37. The lowest BCUT2D eigenvalue weighted by atomic mass is 9.89. The van der Waals surface area contributed by atoms with Crippen molar-refractivity contribution in [1.82, 2.24) is 24.3 Å². The number of piperidine rings is 1. The molecule has 1 aliphatic heterocycles. The van der Waals surface area contributed by atoms with E-state index < -0.39 is 11.9 Å². The van der Waals surface area contributed by atoms with Crippen LogP contribution in [0.3, 0.4) is 0 Å². The van der Waals surface area contributed by atoms with E-state index in [1.807, 2.05) is 17.4 Å². The highest BCUT2D eigenvalue weighted by Gasteiger charge is 2.33. The molecule has 3 aromatic heterocycles. The molecule has 0 spiro atoms. The lowest BCUT2D eigenvalue weighted by molar-refractivity contribution is -0.141. The number of aromatic nitrogens is 5. The fourth-order valence-electron chi connectivity index (χ4n) is 3.72. The third-order valence-corrected chi connectivity index (χ3v) is 5.19. The van der Waals surface area contributed by atoms with E-state index in [0.29, 0.717) is 36.6 Å². The third kappa shape index (κ3) is 5.65. The maximum Gasteiger partial charge on any atom is 0.434 e. The van der Waals surface area contributed by atoms with Gasteiger partial charge in [0.25, 0.3) is 0 Å². The number of rotatable bonds is 4. The Kier molecular flexibility index (Phi) is 8.10. The van der Waals surface area contributed by atoms with E-state index in [4.69, 9.17) is 16.9 Å². The van der Waals surface area contributed by atoms with Gasteiger partial charge in [-0.3, -0.25) is 4.40 Å². The molecule has 0 bridgehead atoms. The summed E-state index contributed by atoms with van der Waals surface area (Å²) in [5, 5.41) is 7.55. The van der Waals surface area contributed by atoms with Crippen LogP contribution in [0.15, 0.2) is 42.6 Å². The number of fused-ring (bicyclic) bond motifs is 1. The molecule has 2 atom stereocenters. The van der Waals surface area contributed by atoms with Crippen LogP contribution in [-0.2, 0) is 6.18 Å². The Hall–Kier alpha value is -3.19. The van der Waals surface area contributed by atoms with Gasteiger partial charge in [0, 0.05) is 43.7 Å². The quantitative estimate of drug-likeness (QED) is 0.472. The Morgan fingerprint density at radius 2 is 1.94 bits per heavy atom. The van der Waals surface area contributed by atoms with Crippen molar-refractivity contribution in [3.63, 3.8) is 0 Å². The van der Waals surface area contributed by atoms with E-state index in [0.717, 1.165) is 12.4 Å². The van der Waals surface area contributed by atoms with Crippen molar-refractivity contribution in [2.24, 2.45) is 17.4 Å². The first-order valence-corrected chi connectivity index (χ1v) is 11.9. The first-order chi connectivity index (χ1) is 16.2. The Morgan fingerprint density at radius 3 is 2.59 bits per heavy atom. The van der Waals surface area contributed by atoms with E-state index in [9.17, 15) is 13.2 Å². The fraction of sp³-hybridized carbons (Fsp3) is 0.381. The van der Waals surface area contributed by atoms with Crippen molar-refractivity contribution in [2.45, 2.75) is 18.6 Å². The second-order valence-electron chi connectivity index (χ2n) is 7.70. The summed E-state index contributed by atoms with van der Waals surface area (Å²) >= 11 is 1.75. The van der Waals surface area contributed by atoms with Crippen LogP contribution in [0.25, 0.3) is 17.2 Å². The molecule has 4 heterocycles. The standard InChI is InChI=1S/C19H20F3N9.C2H6S/c20-19(21,22)15-10-31-14(6-28-17(31)7-27-15)18-26-2-1-16(29-18)30-8-11(3-13(25)9-30)12(4-23)5-24;1-3-2/h1-2,4-7,10-11,13,23H,3,8-9,24-25H2;1-2H3/b12-5+,23-4?;. The second kappa shape index (κ2) is 10.8. The molecule has 9 nitrogen and oxygen atoms in total. The highest BCUT2D eigenvalue weighted by atomic mass is 32.2. The first-order valence-electron chi connectivity index (χ1n) is 10.3. The second-order valence-corrected chi connectivity index (χ2v) is 8.51. The minimum absolute atomic E-state index is 0.0270. The van der Waals surface area contributed by atoms with Gasteiger partial charge >= 0.3 is 6.18 Å². The molecule has 182 valence electrons. The number of imidazole rings is 1. The van der Waals surface area contributed by atoms with Gasteiger partial charge in [-0.1, -0.05) is 0 Å². The van der Waals surface area contributed by atoms with Crippen LogP contribution >= 0.6 is 11.8 Å². The van der Waals surface area contributed by atoms with Crippen molar-refractivity contribution in [2.75, 3.05) is 30.5 Å². The van der Waals surface area contributed by atoms with Crippen LogP contribution < -0.4 is 16.4 Å². The first kappa shape index (κ1) is 25.4. The fourth-order valence-corrected chi connectivity index (χ4v) is 3.72. The lowest BCUT2D eigenvalue weighted by Crippen LogP contribution is -2.48. The van der Waals surface area contributed by atoms with Crippen LogP contribution in [0.4, 0.5) is 19.0 Å². The average molecular weight is 494 g/mol. The zero-order chi connectivity index (χ0) is 24.9. The van der Waals surface area contributed by atoms with E-state index in [2.05, 4.69) is 19.9 Å². The van der Waals surface area contributed by atoms with Crippen LogP contribution in [0.2, 0.25) is 0 Å². The molecule has 0 amide bonds. The number of nitrogens with zero attached hydrogens (tertiary/aromatic N) is 6.